The second kappa shape index (κ2) is 34.2. The summed E-state index contributed by atoms with van der Waals surface area (Å²) in [5.41, 5.74) is 1.89. The molecule has 6 N–H and O–H groups in total. The van der Waals surface area contributed by atoms with E-state index in [0.717, 1.165) is 157 Å². The van der Waals surface area contributed by atoms with Crippen LogP contribution in [0.1, 0.15) is 316 Å². The number of carbonyl (C=O) groups is 2. The zero-order valence-electron chi connectivity index (χ0n) is 72.0. The minimum Gasteiger partial charge on any atom is -0.396 e. The molecule has 0 radical (unpaired) electrons. The topological polar surface area (TPSA) is 277 Å². The molecular weight excluding hydrogens is 1410 g/mol. The highest BCUT2D eigenvalue weighted by Gasteiger charge is 2.67. The average Bonchev–Trinajstić information content (AvgIpc) is 1.72. The van der Waals surface area contributed by atoms with E-state index in [1.54, 1.807) is 0 Å². The maximum atomic E-state index is 12.6. The summed E-state index contributed by atoms with van der Waals surface area (Å²) >= 11 is 0. The van der Waals surface area contributed by atoms with Gasteiger partial charge in [-0.05, 0) is 343 Å². The van der Waals surface area contributed by atoms with E-state index in [4.69, 9.17) is 41.6 Å². The number of rotatable bonds is 10. The second-order valence-electron chi connectivity index (χ2n) is 44.6. The Hall–Kier alpha value is -2.13. The Morgan fingerprint density at radius 2 is 0.685 bits per heavy atom. The number of ether oxygens (including phenoxy) is 4. The number of aliphatic hydroxyl groups is 4. The zero-order valence-corrected chi connectivity index (χ0v) is 72.8. The van der Waals surface area contributed by atoms with Crippen molar-refractivity contribution in [2.45, 2.75) is 365 Å². The first-order chi connectivity index (χ1) is 52.1. The number of nitrogens with zero attached hydrogens (tertiary/aromatic N) is 2. The van der Waals surface area contributed by atoms with E-state index in [1.165, 1.54) is 122 Å². The lowest BCUT2D eigenvalue weighted by atomic mass is 9.44. The van der Waals surface area contributed by atoms with E-state index >= 15 is 0 Å². The lowest BCUT2D eigenvalue weighted by Crippen LogP contribution is -2.57. The standard InChI is InChI=1S/2C24H39NO2.C23H38O3.C19H28O2.C4H10O.H2O4S/c2*1-15(2)14-27-22-12-24(4)16(11-21(22)26)5-7-18-19-8-6-17(13-25)23(19,3)10-9-20(18)24;1-14(2)13-26-20-12-23(4)15(11-19(20)24)5-6-16-17-7-8-21(25)22(17,3)10-9-18(16)23;1-18-8-7-14-12(13(18)5-6-17(18)20)4-3-11-9-15-16(21-15)10-19(11,14)2;1-4(2)3-5;1-5(2,3)4/h2*15-22,26H,5-12,14H2,1-4H3;14-20,24H,5-13H2,1-4H3;11-16H,3-10H2,1-2H3;4-5H,3H2,1-2H3;(H2,1,2,3,4)/t16-,17+,18-,19-,20?,21-,22-,23+,24-;16-,17-,18-,19-,20?,21-,22-,23+,24-;15-,16-,17-,18?,19-,20-,22-,23-;11-,12-,13-,14?,15-,16+,18-,19-;;/m0000../s1. The van der Waals surface area contributed by atoms with Crippen LogP contribution in [0, 0.1) is 196 Å². The Morgan fingerprint density at radius 1 is 0.396 bits per heavy atom. The van der Waals surface area contributed by atoms with Crippen LogP contribution in [0.3, 0.4) is 0 Å². The third-order valence-corrected chi connectivity index (χ3v) is 36.9. The van der Waals surface area contributed by atoms with Crippen LogP contribution < -0.4 is 0 Å². The fourth-order valence-electron chi connectivity index (χ4n) is 30.7. The summed E-state index contributed by atoms with van der Waals surface area (Å²) in [6.07, 6.45) is 37.6. The highest BCUT2D eigenvalue weighted by Crippen LogP contribution is 2.72. The molecule has 0 bridgehead atoms. The van der Waals surface area contributed by atoms with Gasteiger partial charge in [0.2, 0.25) is 0 Å². The van der Waals surface area contributed by atoms with Crippen molar-refractivity contribution in [3.8, 4) is 12.1 Å². The van der Waals surface area contributed by atoms with Crippen LogP contribution in [-0.2, 0) is 38.9 Å². The summed E-state index contributed by atoms with van der Waals surface area (Å²) in [7, 11) is -4.67. The molecule has 17 rings (SSSR count). The largest absolute Gasteiger partial charge is 0.396 e. The van der Waals surface area contributed by atoms with Gasteiger partial charge in [-0.15, -0.1) is 0 Å². The van der Waals surface area contributed by atoms with Crippen LogP contribution in [0.25, 0.3) is 0 Å². The van der Waals surface area contributed by atoms with Crippen LogP contribution in [-0.4, -0.2) is 125 Å². The SMILES string of the molecule is CC(C)CO.CC(C)CO[C@H]1C[C@]2(C)C3CC[C@]4(C)C(=O)CC[C@H]4[C@@H]3CC[C@H]2C[C@@H]1O.CC(C)CO[C@H]1C[C@]2(C)C3CC[C@]4(C)[C@@H](C#N)CC[C@H]4[C@@H]3CC[C@H]2C[C@@H]1O.CC(C)CO[C@H]1C[C@]2(C)C3CC[C@]4(C)[C@H](C#N)CC[C@H]4[C@@H]3CC[C@H]2C[C@@H]1O.C[C@]12CCC3[C@@H](CC[C@H]4C[C@@H]5O[C@@H]5C[C@]34C)[C@@H]1CCC2=O.O=S(=O)(O)O. The third-order valence-electron chi connectivity index (χ3n) is 36.9. The van der Waals surface area contributed by atoms with Crippen molar-refractivity contribution >= 4 is 22.0 Å². The molecular formula is C94H156N2O14S. The second-order valence-corrected chi connectivity index (χ2v) is 45.5. The van der Waals surface area contributed by atoms with Gasteiger partial charge in [0.15, 0.2) is 0 Å². The highest BCUT2D eigenvalue weighted by molar-refractivity contribution is 7.79. The van der Waals surface area contributed by atoms with Crippen molar-refractivity contribution in [2.24, 2.45) is 174 Å². The van der Waals surface area contributed by atoms with Crippen molar-refractivity contribution in [2.75, 3.05) is 26.4 Å². The quantitative estimate of drug-likeness (QED) is 0.0876. The molecule has 1 saturated heterocycles. The number of hydrogen-bond donors (Lipinski definition) is 6. The average molecular weight is 1570 g/mol. The number of aliphatic hydroxyl groups excluding tert-OH is 4. The van der Waals surface area contributed by atoms with Gasteiger partial charge < -0.3 is 39.4 Å². The summed E-state index contributed by atoms with van der Waals surface area (Å²) in [6.45, 7) is 39.1. The fraction of sp³-hybridized carbons (Fsp3) is 0.957. The predicted molar refractivity (Wildman–Crippen MR) is 433 cm³/mol. The van der Waals surface area contributed by atoms with Gasteiger partial charge in [0, 0.05) is 50.1 Å². The van der Waals surface area contributed by atoms with Crippen molar-refractivity contribution in [1.82, 2.24) is 0 Å². The lowest BCUT2D eigenvalue weighted by molar-refractivity contribution is -0.173. The maximum Gasteiger partial charge on any atom is 0.394 e. The molecule has 632 valence electrons. The Labute approximate surface area is 672 Å². The number of epoxide rings is 1. The Morgan fingerprint density at radius 3 is 0.991 bits per heavy atom. The van der Waals surface area contributed by atoms with Crippen molar-refractivity contribution in [1.29, 1.82) is 10.5 Å². The van der Waals surface area contributed by atoms with Crippen LogP contribution >= 0.6 is 0 Å². The lowest BCUT2D eigenvalue weighted by Gasteiger charge is -2.61. The number of ketones is 2. The van der Waals surface area contributed by atoms with Gasteiger partial charge in [-0.3, -0.25) is 18.7 Å². The summed E-state index contributed by atoms with van der Waals surface area (Å²) in [5.74, 6) is 15.4. The molecule has 17 heteroatoms. The smallest absolute Gasteiger partial charge is 0.394 e. The summed E-state index contributed by atoms with van der Waals surface area (Å²) in [6, 6.07) is 5.30. The Balaban J connectivity index is 0.000000132. The Kier molecular flexibility index (Phi) is 27.1. The van der Waals surface area contributed by atoms with Crippen molar-refractivity contribution < 1.29 is 66.5 Å². The molecule has 16 saturated carbocycles. The molecule has 34 atom stereocenters. The minimum atomic E-state index is -4.67. The number of hydrogen-bond acceptors (Lipinski definition) is 14. The molecule has 0 amide bonds. The van der Waals surface area contributed by atoms with E-state index in [-0.39, 0.29) is 75.5 Å². The minimum absolute atomic E-state index is 0.00378. The first kappa shape index (κ1) is 88.2. The molecule has 0 aromatic carbocycles. The van der Waals surface area contributed by atoms with Crippen LogP contribution in [0.4, 0.5) is 0 Å². The molecule has 16 nitrogen and oxygen atoms in total. The third kappa shape index (κ3) is 17.2. The molecule has 17 fully saturated rings. The number of nitriles is 2. The van der Waals surface area contributed by atoms with Gasteiger partial charge in [-0.25, -0.2) is 0 Å². The molecule has 1 heterocycles. The van der Waals surface area contributed by atoms with E-state index in [0.29, 0.717) is 112 Å². The van der Waals surface area contributed by atoms with Crippen LogP contribution in [0.15, 0.2) is 0 Å². The maximum absolute atomic E-state index is 12.6. The number of fused-ring (bicyclic) bond motifs is 21. The molecule has 1 aliphatic heterocycles. The van der Waals surface area contributed by atoms with Crippen LogP contribution in [0.5, 0.6) is 0 Å². The summed E-state index contributed by atoms with van der Waals surface area (Å²) < 4.78 is 56.0. The summed E-state index contributed by atoms with van der Waals surface area (Å²) in [5, 5.41) is 59.6. The number of carbonyl (C=O) groups excluding carboxylic acids is 2. The highest BCUT2D eigenvalue weighted by atomic mass is 32.3. The first-order valence-electron chi connectivity index (χ1n) is 45.8. The predicted octanol–water partition coefficient (Wildman–Crippen LogP) is 18.9. The molecule has 0 aromatic rings. The van der Waals surface area contributed by atoms with Gasteiger partial charge >= 0.3 is 10.4 Å². The molecule has 0 spiro atoms. The summed E-state index contributed by atoms with van der Waals surface area (Å²) in [4.78, 5) is 25.0. The first-order valence-corrected chi connectivity index (χ1v) is 47.2. The fourth-order valence-corrected chi connectivity index (χ4v) is 30.7. The van der Waals surface area contributed by atoms with E-state index in [1.807, 2.05) is 13.8 Å². The van der Waals surface area contributed by atoms with Gasteiger partial charge in [-0.1, -0.05) is 111 Å². The molecule has 4 unspecified atom stereocenters. The van der Waals surface area contributed by atoms with E-state index in [2.05, 4.69) is 109 Å². The zero-order chi connectivity index (χ0) is 80.7. The molecule has 17 aliphatic rings. The van der Waals surface area contributed by atoms with Gasteiger partial charge in [0.1, 0.15) is 11.6 Å². The monoisotopic (exact) mass is 1570 g/mol. The Bertz CT molecular complexity index is 3280. The van der Waals surface area contributed by atoms with Gasteiger partial charge in [0.25, 0.3) is 0 Å². The molecule has 16 aliphatic carbocycles. The molecule has 0 aromatic heterocycles. The van der Waals surface area contributed by atoms with Crippen LogP contribution in [0.2, 0.25) is 0 Å². The van der Waals surface area contributed by atoms with E-state index < -0.39 is 10.4 Å². The van der Waals surface area contributed by atoms with Crippen molar-refractivity contribution in [3.63, 3.8) is 0 Å². The van der Waals surface area contributed by atoms with E-state index in [9.17, 15) is 35.4 Å². The van der Waals surface area contributed by atoms with Gasteiger partial charge in [0.05, 0.1) is 72.8 Å². The normalized spacial score (nSPS) is 49.8. The molecule has 111 heavy (non-hydrogen) atoms. The van der Waals surface area contributed by atoms with Crippen molar-refractivity contribution in [3.05, 3.63) is 0 Å². The van der Waals surface area contributed by atoms with Gasteiger partial charge in [-0.2, -0.15) is 18.9 Å². The number of Topliss-reactive ketones (excluding diaryl/α,β-unsaturated/α-hetero) is 2.